The van der Waals surface area contributed by atoms with Crippen molar-refractivity contribution in [3.8, 4) is 0 Å². The summed E-state index contributed by atoms with van der Waals surface area (Å²) in [6.45, 7) is 6.04. The van der Waals surface area contributed by atoms with Crippen LogP contribution in [0.5, 0.6) is 0 Å². The van der Waals surface area contributed by atoms with Crippen molar-refractivity contribution in [1.29, 1.82) is 0 Å². The van der Waals surface area contributed by atoms with E-state index in [2.05, 4.69) is 43.9 Å². The van der Waals surface area contributed by atoms with Gasteiger partial charge in [0, 0.05) is 5.25 Å². The molecule has 0 aromatic rings. The third kappa shape index (κ3) is 2.66. The van der Waals surface area contributed by atoms with Crippen LogP contribution in [0.1, 0.15) is 19.8 Å². The van der Waals surface area contributed by atoms with Crippen molar-refractivity contribution >= 4 is 11.8 Å². The molecule has 3 atom stereocenters. The Morgan fingerprint density at radius 3 is 3.07 bits per heavy atom. The van der Waals surface area contributed by atoms with Crippen LogP contribution in [0.25, 0.3) is 0 Å². The van der Waals surface area contributed by atoms with Gasteiger partial charge in [0.2, 0.25) is 0 Å². The average Bonchev–Trinajstić information content (AvgIpc) is 2.68. The highest BCUT2D eigenvalue weighted by Crippen LogP contribution is 2.44. The van der Waals surface area contributed by atoms with E-state index in [0.29, 0.717) is 11.2 Å². The summed E-state index contributed by atoms with van der Waals surface area (Å²) in [7, 11) is 0. The summed E-state index contributed by atoms with van der Waals surface area (Å²) in [5, 5.41) is 0.695. The summed E-state index contributed by atoms with van der Waals surface area (Å²) in [5.41, 5.74) is 0. The van der Waals surface area contributed by atoms with E-state index in [-0.39, 0.29) is 0 Å². The fourth-order valence-corrected chi connectivity index (χ4v) is 3.31. The van der Waals surface area contributed by atoms with Gasteiger partial charge in [-0.2, -0.15) is 0 Å². The Morgan fingerprint density at radius 1 is 1.53 bits per heavy atom. The van der Waals surface area contributed by atoms with Crippen molar-refractivity contribution in [2.24, 2.45) is 11.8 Å². The van der Waals surface area contributed by atoms with Gasteiger partial charge >= 0.3 is 0 Å². The molecule has 0 spiro atoms. The second-order valence-electron chi connectivity index (χ2n) is 4.34. The van der Waals surface area contributed by atoms with Crippen LogP contribution in [-0.4, -0.2) is 5.25 Å². The second-order valence-corrected chi connectivity index (χ2v) is 5.64. The normalized spacial score (nSPS) is 33.0. The fraction of sp³-hybridized carbons (Fsp3) is 0.429. The highest BCUT2D eigenvalue weighted by atomic mass is 32.2. The molecule has 0 N–H and O–H groups in total. The van der Waals surface area contributed by atoms with Crippen molar-refractivity contribution in [1.82, 2.24) is 0 Å². The Morgan fingerprint density at radius 2 is 2.33 bits per heavy atom. The van der Waals surface area contributed by atoms with Crippen molar-refractivity contribution < 1.29 is 0 Å². The van der Waals surface area contributed by atoms with E-state index < -0.39 is 0 Å². The highest BCUT2D eigenvalue weighted by Gasteiger charge is 2.28. The number of fused-ring (bicyclic) bond motifs is 1. The Labute approximate surface area is 96.8 Å². The first kappa shape index (κ1) is 10.8. The maximum absolute atomic E-state index is 3.82. The van der Waals surface area contributed by atoms with Gasteiger partial charge in [-0.05, 0) is 29.6 Å². The molecule has 0 bridgehead atoms. The van der Waals surface area contributed by atoms with Crippen molar-refractivity contribution in [3.63, 3.8) is 0 Å². The van der Waals surface area contributed by atoms with Crippen LogP contribution in [0, 0.1) is 11.8 Å². The minimum atomic E-state index is 0.604. The largest absolute Gasteiger partial charge is 0.123 e. The van der Waals surface area contributed by atoms with Crippen molar-refractivity contribution in [2.45, 2.75) is 25.0 Å². The van der Waals surface area contributed by atoms with E-state index in [1.165, 1.54) is 6.42 Å². The number of hydrogen-bond acceptors (Lipinski definition) is 1. The molecule has 0 radical (unpaired) electrons. The van der Waals surface area contributed by atoms with E-state index in [1.54, 1.807) is 4.91 Å². The molecule has 3 unspecified atom stereocenters. The molecule has 1 aliphatic carbocycles. The lowest BCUT2D eigenvalue weighted by Gasteiger charge is -2.11. The molecule has 1 saturated heterocycles. The van der Waals surface area contributed by atoms with Gasteiger partial charge < -0.3 is 0 Å². The molecule has 0 aromatic carbocycles. The summed E-state index contributed by atoms with van der Waals surface area (Å²) in [6.07, 6.45) is 15.8. The zero-order chi connectivity index (χ0) is 10.7. The van der Waals surface area contributed by atoms with Gasteiger partial charge in [-0.1, -0.05) is 43.4 Å². The lowest BCUT2D eigenvalue weighted by molar-refractivity contribution is 0.695. The summed E-state index contributed by atoms with van der Waals surface area (Å²) in [5.74, 6) is 1.34. The van der Waals surface area contributed by atoms with E-state index in [9.17, 15) is 0 Å². The molecular weight excluding hydrogens is 200 g/mol. The molecule has 0 saturated carbocycles. The minimum Gasteiger partial charge on any atom is -0.123 e. The molecule has 1 heteroatoms. The standard InChI is InChI=1S/C14H18S/c1-3-11(2)8-9-13-10-12-6-4-5-7-14(12)15-13/h3-7,9,11-12,14H,1,8,10H2,2H3/b13-9+. The lowest BCUT2D eigenvalue weighted by Crippen LogP contribution is -2.07. The fourth-order valence-electron chi connectivity index (χ4n) is 1.94. The Balaban J connectivity index is 1.94. The molecule has 80 valence electrons. The molecule has 1 heterocycles. The third-order valence-electron chi connectivity index (χ3n) is 3.04. The zero-order valence-electron chi connectivity index (χ0n) is 9.23. The molecule has 1 fully saturated rings. The van der Waals surface area contributed by atoms with Gasteiger partial charge in [0.05, 0.1) is 0 Å². The number of hydrogen-bond donors (Lipinski definition) is 0. The minimum absolute atomic E-state index is 0.604. The number of thioether (sulfide) groups is 1. The zero-order valence-corrected chi connectivity index (χ0v) is 10.0. The molecule has 0 nitrogen and oxygen atoms in total. The monoisotopic (exact) mass is 218 g/mol. The quantitative estimate of drug-likeness (QED) is 0.635. The van der Waals surface area contributed by atoms with Crippen molar-refractivity contribution in [2.75, 3.05) is 0 Å². The SMILES string of the molecule is C=CC(C)C/C=C1\CC2C=CC=CC2S1. The summed E-state index contributed by atoms with van der Waals surface area (Å²) in [6, 6.07) is 0. The first-order valence-electron chi connectivity index (χ1n) is 5.63. The maximum atomic E-state index is 3.82. The molecule has 0 aromatic heterocycles. The number of rotatable bonds is 3. The molecular formula is C14H18S. The molecule has 15 heavy (non-hydrogen) atoms. The first-order chi connectivity index (χ1) is 7.29. The maximum Gasteiger partial charge on any atom is 0.0340 e. The van der Waals surface area contributed by atoms with Gasteiger partial charge in [0.1, 0.15) is 0 Å². The smallest absolute Gasteiger partial charge is 0.0340 e. The van der Waals surface area contributed by atoms with E-state index >= 15 is 0 Å². The second kappa shape index (κ2) is 4.89. The van der Waals surface area contributed by atoms with Crippen LogP contribution in [0.15, 0.2) is 47.9 Å². The Hall–Kier alpha value is -0.690. The van der Waals surface area contributed by atoms with Crippen LogP contribution < -0.4 is 0 Å². The van der Waals surface area contributed by atoms with Gasteiger partial charge in [0.25, 0.3) is 0 Å². The van der Waals surface area contributed by atoms with E-state index in [0.717, 1.165) is 12.3 Å². The van der Waals surface area contributed by atoms with E-state index in [1.807, 2.05) is 17.8 Å². The van der Waals surface area contributed by atoms with Gasteiger partial charge in [-0.15, -0.1) is 18.3 Å². The van der Waals surface area contributed by atoms with Crippen LogP contribution in [0.4, 0.5) is 0 Å². The lowest BCUT2D eigenvalue weighted by atomic mass is 9.96. The van der Waals surface area contributed by atoms with Gasteiger partial charge in [-0.3, -0.25) is 0 Å². The Kier molecular flexibility index (Phi) is 3.53. The number of allylic oxidation sites excluding steroid dienone is 6. The molecule has 1 aliphatic heterocycles. The summed E-state index contributed by atoms with van der Waals surface area (Å²) in [4.78, 5) is 1.56. The van der Waals surface area contributed by atoms with Crippen LogP contribution in [0.3, 0.4) is 0 Å². The molecule has 2 rings (SSSR count). The van der Waals surface area contributed by atoms with Crippen molar-refractivity contribution in [3.05, 3.63) is 47.9 Å². The highest BCUT2D eigenvalue weighted by molar-refractivity contribution is 8.04. The topological polar surface area (TPSA) is 0 Å². The first-order valence-corrected chi connectivity index (χ1v) is 6.51. The molecule has 2 aliphatic rings. The molecule has 0 amide bonds. The van der Waals surface area contributed by atoms with Crippen LogP contribution in [0.2, 0.25) is 0 Å². The predicted octanol–water partition coefficient (Wildman–Crippen LogP) is 4.33. The van der Waals surface area contributed by atoms with Crippen LogP contribution in [-0.2, 0) is 0 Å². The van der Waals surface area contributed by atoms with Gasteiger partial charge in [-0.25, -0.2) is 0 Å². The predicted molar refractivity (Wildman–Crippen MR) is 69.8 cm³/mol. The summed E-state index contributed by atoms with van der Waals surface area (Å²) < 4.78 is 0. The average molecular weight is 218 g/mol. The van der Waals surface area contributed by atoms with Crippen LogP contribution >= 0.6 is 11.8 Å². The van der Waals surface area contributed by atoms with Gasteiger partial charge in [0.15, 0.2) is 0 Å². The van der Waals surface area contributed by atoms with E-state index in [4.69, 9.17) is 0 Å². The third-order valence-corrected chi connectivity index (χ3v) is 4.45. The Bertz CT molecular complexity index is 300. The summed E-state index contributed by atoms with van der Waals surface area (Å²) >= 11 is 2.04.